The second-order valence-electron chi connectivity index (χ2n) is 12.3. The second kappa shape index (κ2) is 17.9. The van der Waals surface area contributed by atoms with Crippen molar-refractivity contribution in [2.75, 3.05) is 30.8 Å². The average Bonchev–Trinajstić information content (AvgIpc) is 3.82. The number of amides is 2. The summed E-state index contributed by atoms with van der Waals surface area (Å²) in [7, 11) is -16.8. The van der Waals surface area contributed by atoms with Crippen LogP contribution in [0.25, 0.3) is 11.2 Å². The number of urea groups is 1. The van der Waals surface area contributed by atoms with Crippen molar-refractivity contribution in [1.29, 1.82) is 0 Å². The van der Waals surface area contributed by atoms with E-state index in [1.807, 2.05) is 0 Å². The molecule has 5 rings (SSSR count). The number of carbonyl (C=O) groups is 2. The number of ether oxygens (including phenoxy) is 2. The van der Waals surface area contributed by atoms with Crippen LogP contribution >= 0.6 is 35.2 Å². The Morgan fingerprint density at radius 3 is 2.60 bits per heavy atom. The van der Waals surface area contributed by atoms with Gasteiger partial charge in [-0.05, 0) is 32.2 Å². The van der Waals surface area contributed by atoms with E-state index in [4.69, 9.17) is 29.5 Å². The molecule has 8 atom stereocenters. The summed E-state index contributed by atoms with van der Waals surface area (Å²) >= 11 is 1.76. The number of nitrogens with two attached hydrogens (primary N) is 1. The molecule has 0 bridgehead atoms. The van der Waals surface area contributed by atoms with Crippen LogP contribution in [0.15, 0.2) is 12.7 Å². The van der Waals surface area contributed by atoms with Crippen LogP contribution in [0, 0.1) is 0 Å². The summed E-state index contributed by atoms with van der Waals surface area (Å²) in [6, 6.07) is -0.0559. The van der Waals surface area contributed by atoms with Gasteiger partial charge in [-0.2, -0.15) is 20.4 Å². The number of nitrogens with one attached hydrogen (secondary N) is 3. The van der Waals surface area contributed by atoms with Crippen molar-refractivity contribution >= 4 is 64.2 Å². The van der Waals surface area contributed by atoms with E-state index in [9.17, 15) is 33.1 Å². The average molecular weight is 817 g/mol. The Hall–Kier alpha value is -2.23. The smallest absolute Gasteiger partial charge is 0.459 e. The van der Waals surface area contributed by atoms with Crippen LogP contribution in [0.4, 0.5) is 10.6 Å². The third-order valence-corrected chi connectivity index (χ3v) is 13.7. The molecule has 0 aliphatic carbocycles. The predicted molar refractivity (Wildman–Crippen MR) is 184 cm³/mol. The number of esters is 1. The van der Waals surface area contributed by atoms with E-state index >= 15 is 0 Å². The first-order valence-electron chi connectivity index (χ1n) is 16.6. The monoisotopic (exact) mass is 816 g/mol. The third-order valence-electron chi connectivity index (χ3n) is 8.43. The maximum absolute atomic E-state index is 13.0. The number of aromatic nitrogens is 4. The van der Waals surface area contributed by atoms with Gasteiger partial charge in [-0.3, -0.25) is 13.9 Å². The molecule has 0 aromatic carbocycles. The molecule has 26 heteroatoms. The van der Waals surface area contributed by atoms with E-state index in [-0.39, 0.29) is 36.2 Å². The molecule has 0 spiro atoms. The molecule has 3 saturated heterocycles. The number of unbranched alkanes of at least 4 members (excludes halogenated alkanes) is 4. The van der Waals surface area contributed by atoms with Crippen molar-refractivity contribution in [3.63, 3.8) is 0 Å². The van der Waals surface area contributed by atoms with E-state index in [0.717, 1.165) is 37.9 Å². The van der Waals surface area contributed by atoms with Crippen LogP contribution < -0.4 is 21.7 Å². The minimum absolute atomic E-state index is 0.0179. The number of fused-ring (bicyclic) bond motifs is 2. The highest BCUT2D eigenvalue weighted by Gasteiger charge is 2.45. The minimum atomic E-state index is -5.76. The zero-order chi connectivity index (χ0) is 37.5. The Kier molecular flexibility index (Phi) is 14.1. The first kappa shape index (κ1) is 40.9. The van der Waals surface area contributed by atoms with Crippen molar-refractivity contribution in [3.8, 4) is 0 Å². The Morgan fingerprint density at radius 1 is 1.04 bits per heavy atom. The molecular weight excluding hydrogens is 773 g/mol. The fourth-order valence-electron chi connectivity index (χ4n) is 6.12. The SMILES string of the molecule is NCCCCCCNc1ncnc2c1ncn2[C@H]1C[C@H](OC(=O)CCCC[C@@H]2SC[C@@H]3NC(=O)N[C@@H]32)[C@@H](COP(=O)(O)OP(=O)(O)OP(=O)(O)O)O1. The van der Waals surface area contributed by atoms with Crippen LogP contribution in [-0.4, -0.2) is 106 Å². The van der Waals surface area contributed by atoms with Crippen LogP contribution in [-0.2, 0) is 41.1 Å². The van der Waals surface area contributed by atoms with Crippen molar-refractivity contribution in [2.24, 2.45) is 5.73 Å². The Balaban J connectivity index is 1.21. The molecule has 5 heterocycles. The Morgan fingerprint density at radius 2 is 1.83 bits per heavy atom. The lowest BCUT2D eigenvalue weighted by atomic mass is 10.0. The van der Waals surface area contributed by atoms with Gasteiger partial charge in [0, 0.05) is 30.4 Å². The summed E-state index contributed by atoms with van der Waals surface area (Å²) in [5.41, 5.74) is 6.38. The third kappa shape index (κ3) is 11.6. The van der Waals surface area contributed by atoms with Gasteiger partial charge in [0.25, 0.3) is 0 Å². The number of nitrogens with zero attached hydrogens (tertiary/aromatic N) is 4. The Labute approximate surface area is 302 Å². The molecule has 3 aliphatic heterocycles. The number of rotatable bonds is 21. The largest absolute Gasteiger partial charge is 0.490 e. The summed E-state index contributed by atoms with van der Waals surface area (Å²) < 4.78 is 61.0. The predicted octanol–water partition coefficient (Wildman–Crippen LogP) is 2.03. The van der Waals surface area contributed by atoms with Gasteiger partial charge in [0.05, 0.1) is 25.0 Å². The topological polar surface area (TPSA) is 318 Å². The molecule has 292 valence electrons. The zero-order valence-electron chi connectivity index (χ0n) is 27.8. The lowest BCUT2D eigenvalue weighted by Crippen LogP contribution is -2.36. The molecule has 9 N–H and O–H groups in total. The van der Waals surface area contributed by atoms with Gasteiger partial charge < -0.3 is 50.7 Å². The van der Waals surface area contributed by atoms with Gasteiger partial charge in [-0.25, -0.2) is 33.4 Å². The molecule has 3 aliphatic rings. The molecule has 2 aromatic heterocycles. The number of imidazole rings is 1. The fraction of sp³-hybridized carbons (Fsp3) is 0.731. The van der Waals surface area contributed by atoms with E-state index in [1.54, 1.807) is 16.3 Å². The van der Waals surface area contributed by atoms with Crippen molar-refractivity contribution in [1.82, 2.24) is 30.2 Å². The molecule has 2 unspecified atom stereocenters. The molecule has 2 aromatic rings. The summed E-state index contributed by atoms with van der Waals surface area (Å²) in [5.74, 6) is 0.721. The standard InChI is InChI=1S/C26H43N8O14P3S/c27-9-5-1-2-6-10-28-24-23-25(30-14-29-24)34(15-31-23)20-11-17(18(45-20)12-44-50(40,41)48-51(42,43)47-49(37,38)39)46-21(35)8-4-3-7-19-22-16(13-52-19)32-26(36)33-22/h14-20,22H,1-13,27H2,(H,40,41)(H,42,43)(H,28,29,30)(H2,32,33,36)(H2,37,38,39)/t16-,17-,18+,19-,20+,22-/m0/s1. The zero-order valence-corrected chi connectivity index (χ0v) is 31.3. The summed E-state index contributed by atoms with van der Waals surface area (Å²) in [4.78, 5) is 74.9. The molecule has 2 amide bonds. The van der Waals surface area contributed by atoms with Crippen molar-refractivity contribution < 1.29 is 65.5 Å². The number of hydrogen-bond acceptors (Lipinski definition) is 16. The highest BCUT2D eigenvalue weighted by Crippen LogP contribution is 2.66. The second-order valence-corrected chi connectivity index (χ2v) is 18.0. The van der Waals surface area contributed by atoms with E-state index in [2.05, 4.69) is 39.5 Å². The van der Waals surface area contributed by atoms with Crippen molar-refractivity contribution in [2.45, 2.75) is 93.6 Å². The first-order valence-corrected chi connectivity index (χ1v) is 22.1. The number of thioether (sulfide) groups is 1. The van der Waals surface area contributed by atoms with Crippen LogP contribution in [0.1, 0.15) is 64.0 Å². The highest BCUT2D eigenvalue weighted by atomic mass is 32.2. The summed E-state index contributed by atoms with van der Waals surface area (Å²) in [6.07, 6.45) is 5.49. The lowest BCUT2D eigenvalue weighted by molar-refractivity contribution is -0.153. The van der Waals surface area contributed by atoms with Gasteiger partial charge >= 0.3 is 35.5 Å². The molecule has 3 fully saturated rings. The first-order chi connectivity index (χ1) is 24.6. The molecule has 0 saturated carbocycles. The Bertz CT molecular complexity index is 1700. The van der Waals surface area contributed by atoms with Gasteiger partial charge in [0.1, 0.15) is 24.8 Å². The van der Waals surface area contributed by atoms with Crippen LogP contribution in [0.5, 0.6) is 0 Å². The van der Waals surface area contributed by atoms with E-state index in [1.165, 1.54) is 12.7 Å². The van der Waals surface area contributed by atoms with Crippen molar-refractivity contribution in [3.05, 3.63) is 12.7 Å². The van der Waals surface area contributed by atoms with Gasteiger partial charge in [0.15, 0.2) is 17.0 Å². The van der Waals surface area contributed by atoms with Crippen LogP contribution in [0.3, 0.4) is 0 Å². The number of phosphoric ester groups is 1. The number of phosphoric acid groups is 3. The fourth-order valence-corrected chi connectivity index (χ4v) is 10.7. The quantitative estimate of drug-likeness (QED) is 0.0387. The van der Waals surface area contributed by atoms with Gasteiger partial charge in [0.2, 0.25) is 0 Å². The minimum Gasteiger partial charge on any atom is -0.459 e. The van der Waals surface area contributed by atoms with E-state index in [0.29, 0.717) is 42.9 Å². The molecular formula is C26H43N8O14P3S. The van der Waals surface area contributed by atoms with Gasteiger partial charge in [-0.15, -0.1) is 0 Å². The maximum atomic E-state index is 13.0. The molecule has 22 nitrogen and oxygen atoms in total. The summed E-state index contributed by atoms with van der Waals surface area (Å²) in [5, 5.41) is 9.29. The normalized spacial score (nSPS) is 26.8. The lowest BCUT2D eigenvalue weighted by Gasteiger charge is -2.21. The molecule has 0 radical (unpaired) electrons. The number of hydrogen-bond donors (Lipinski definition) is 8. The maximum Gasteiger partial charge on any atom is 0.490 e. The number of carbonyl (C=O) groups excluding carboxylic acids is 2. The van der Waals surface area contributed by atoms with E-state index < -0.39 is 54.5 Å². The molecule has 52 heavy (non-hydrogen) atoms. The summed E-state index contributed by atoms with van der Waals surface area (Å²) in [6.45, 7) is 0.456. The number of anilines is 1. The highest BCUT2D eigenvalue weighted by molar-refractivity contribution is 8.00. The van der Waals surface area contributed by atoms with Gasteiger partial charge in [-0.1, -0.05) is 19.3 Å². The van der Waals surface area contributed by atoms with Crippen LogP contribution in [0.2, 0.25) is 0 Å².